The highest BCUT2D eigenvalue weighted by molar-refractivity contribution is 4.89. The Kier molecular flexibility index (Phi) is 4.22. The fraction of sp³-hybridized carbons (Fsp3) is 1.00. The summed E-state index contributed by atoms with van der Waals surface area (Å²) in [5.74, 6) is 0. The van der Waals surface area contributed by atoms with Crippen LogP contribution in [-0.4, -0.2) is 37.0 Å². The number of hydrogen-bond acceptors (Lipinski definition) is 3. The summed E-state index contributed by atoms with van der Waals surface area (Å²) in [6.45, 7) is 4.95. The van der Waals surface area contributed by atoms with Crippen LogP contribution in [-0.2, 0) is 4.74 Å². The number of hydrogen-bond donors (Lipinski definition) is 2. The number of ether oxygens (including phenoxy) is 1. The van der Waals surface area contributed by atoms with Crippen LogP contribution < -0.4 is 5.32 Å². The quantitative estimate of drug-likeness (QED) is 0.771. The first-order chi connectivity index (χ1) is 7.71. The van der Waals surface area contributed by atoms with E-state index in [0.717, 1.165) is 45.4 Å². The summed E-state index contributed by atoms with van der Waals surface area (Å²) in [5, 5.41) is 13.7. The third kappa shape index (κ3) is 2.96. The molecule has 1 saturated heterocycles. The van der Waals surface area contributed by atoms with Crippen molar-refractivity contribution in [1.82, 2.24) is 5.32 Å². The molecule has 3 nitrogen and oxygen atoms in total. The lowest BCUT2D eigenvalue weighted by atomic mass is 9.73. The predicted octanol–water partition coefficient (Wildman–Crippen LogP) is 1.70. The van der Waals surface area contributed by atoms with Gasteiger partial charge in [0.1, 0.15) is 0 Å². The van der Waals surface area contributed by atoms with Gasteiger partial charge in [-0.25, -0.2) is 0 Å². The molecule has 0 radical (unpaired) electrons. The van der Waals surface area contributed by atoms with E-state index in [1.54, 1.807) is 0 Å². The van der Waals surface area contributed by atoms with E-state index in [2.05, 4.69) is 12.2 Å². The Labute approximate surface area is 98.6 Å². The first-order valence-corrected chi connectivity index (χ1v) is 6.70. The second-order valence-electron chi connectivity index (χ2n) is 5.68. The predicted molar refractivity (Wildman–Crippen MR) is 64.4 cm³/mol. The SMILES string of the molecule is CC1(CNC2CCOCC2)CCCCC1O. The largest absolute Gasteiger partial charge is 0.393 e. The van der Waals surface area contributed by atoms with Gasteiger partial charge in [-0.3, -0.25) is 0 Å². The minimum Gasteiger partial charge on any atom is -0.393 e. The minimum atomic E-state index is -0.117. The summed E-state index contributed by atoms with van der Waals surface area (Å²) in [4.78, 5) is 0. The van der Waals surface area contributed by atoms with E-state index in [1.807, 2.05) is 0 Å². The average molecular weight is 227 g/mol. The third-order valence-corrected chi connectivity index (χ3v) is 4.30. The third-order valence-electron chi connectivity index (χ3n) is 4.30. The van der Waals surface area contributed by atoms with Gasteiger partial charge in [-0.15, -0.1) is 0 Å². The molecular weight excluding hydrogens is 202 g/mol. The molecule has 0 aromatic rings. The van der Waals surface area contributed by atoms with Crippen LogP contribution in [0.15, 0.2) is 0 Å². The molecule has 16 heavy (non-hydrogen) atoms. The van der Waals surface area contributed by atoms with E-state index in [-0.39, 0.29) is 11.5 Å². The van der Waals surface area contributed by atoms with Crippen molar-refractivity contribution in [2.24, 2.45) is 5.41 Å². The normalized spacial score (nSPS) is 37.5. The van der Waals surface area contributed by atoms with Gasteiger partial charge in [-0.1, -0.05) is 19.8 Å². The molecule has 3 heteroatoms. The molecule has 2 unspecified atom stereocenters. The van der Waals surface area contributed by atoms with Gasteiger partial charge in [0.15, 0.2) is 0 Å². The second kappa shape index (κ2) is 5.48. The maximum absolute atomic E-state index is 10.1. The molecule has 2 atom stereocenters. The van der Waals surface area contributed by atoms with Crippen molar-refractivity contribution in [3.05, 3.63) is 0 Å². The van der Waals surface area contributed by atoms with E-state index in [9.17, 15) is 5.11 Å². The van der Waals surface area contributed by atoms with Crippen LogP contribution in [0.4, 0.5) is 0 Å². The van der Waals surface area contributed by atoms with Gasteiger partial charge < -0.3 is 15.2 Å². The number of aliphatic hydroxyl groups is 1. The molecule has 1 saturated carbocycles. The van der Waals surface area contributed by atoms with Gasteiger partial charge in [0.2, 0.25) is 0 Å². The van der Waals surface area contributed by atoms with Crippen molar-refractivity contribution in [3.63, 3.8) is 0 Å². The van der Waals surface area contributed by atoms with Crippen molar-refractivity contribution < 1.29 is 9.84 Å². The molecule has 0 aromatic carbocycles. The van der Waals surface area contributed by atoms with E-state index in [4.69, 9.17) is 4.74 Å². The highest BCUT2D eigenvalue weighted by atomic mass is 16.5. The van der Waals surface area contributed by atoms with E-state index in [0.29, 0.717) is 6.04 Å². The summed E-state index contributed by atoms with van der Waals surface area (Å²) in [7, 11) is 0. The molecule has 2 N–H and O–H groups in total. The van der Waals surface area contributed by atoms with E-state index in [1.165, 1.54) is 12.8 Å². The molecule has 1 aliphatic carbocycles. The van der Waals surface area contributed by atoms with Gasteiger partial charge in [-0.05, 0) is 25.7 Å². The fourth-order valence-corrected chi connectivity index (χ4v) is 2.87. The van der Waals surface area contributed by atoms with Gasteiger partial charge >= 0.3 is 0 Å². The zero-order valence-electron chi connectivity index (χ0n) is 10.4. The minimum absolute atomic E-state index is 0.0938. The lowest BCUT2D eigenvalue weighted by molar-refractivity contribution is -0.00416. The first kappa shape index (κ1) is 12.3. The monoisotopic (exact) mass is 227 g/mol. The second-order valence-corrected chi connectivity index (χ2v) is 5.68. The standard InChI is InChI=1S/C13H25NO2/c1-13(7-3-2-4-12(13)15)10-14-11-5-8-16-9-6-11/h11-12,14-15H,2-10H2,1H3. The number of rotatable bonds is 3. The molecule has 94 valence electrons. The Bertz CT molecular complexity index is 216. The van der Waals surface area contributed by atoms with Crippen LogP contribution in [0.3, 0.4) is 0 Å². The molecule has 0 bridgehead atoms. The van der Waals surface area contributed by atoms with Crippen LogP contribution in [0.25, 0.3) is 0 Å². The van der Waals surface area contributed by atoms with Gasteiger partial charge in [0.25, 0.3) is 0 Å². The molecule has 0 aromatic heterocycles. The Morgan fingerprint density at radius 2 is 2.00 bits per heavy atom. The summed E-state index contributed by atoms with van der Waals surface area (Å²) in [5.41, 5.74) is 0.0938. The van der Waals surface area contributed by atoms with Gasteiger partial charge in [0, 0.05) is 31.2 Å². The van der Waals surface area contributed by atoms with Crippen LogP contribution in [0, 0.1) is 5.41 Å². The first-order valence-electron chi connectivity index (χ1n) is 6.70. The van der Waals surface area contributed by atoms with E-state index >= 15 is 0 Å². The number of nitrogens with one attached hydrogen (secondary N) is 1. The maximum Gasteiger partial charge on any atom is 0.0605 e. The molecule has 1 aliphatic heterocycles. The van der Waals surface area contributed by atoms with Crippen molar-refractivity contribution >= 4 is 0 Å². The topological polar surface area (TPSA) is 41.5 Å². The summed E-state index contributed by atoms with van der Waals surface area (Å²) >= 11 is 0. The van der Waals surface area contributed by atoms with Gasteiger partial charge in [-0.2, -0.15) is 0 Å². The zero-order valence-corrected chi connectivity index (χ0v) is 10.4. The van der Waals surface area contributed by atoms with Crippen LogP contribution in [0.1, 0.15) is 45.4 Å². The van der Waals surface area contributed by atoms with Crippen molar-refractivity contribution in [2.45, 2.75) is 57.6 Å². The van der Waals surface area contributed by atoms with Crippen LogP contribution in [0.5, 0.6) is 0 Å². The van der Waals surface area contributed by atoms with Crippen molar-refractivity contribution in [2.75, 3.05) is 19.8 Å². The summed E-state index contributed by atoms with van der Waals surface area (Å²) < 4.78 is 5.35. The molecule has 2 aliphatic rings. The van der Waals surface area contributed by atoms with Crippen molar-refractivity contribution in [1.29, 1.82) is 0 Å². The van der Waals surface area contributed by atoms with E-state index < -0.39 is 0 Å². The Morgan fingerprint density at radius 1 is 1.25 bits per heavy atom. The molecule has 2 fully saturated rings. The highest BCUT2D eigenvalue weighted by Crippen LogP contribution is 2.35. The molecule has 0 amide bonds. The Hall–Kier alpha value is -0.120. The fourth-order valence-electron chi connectivity index (χ4n) is 2.87. The van der Waals surface area contributed by atoms with Crippen LogP contribution in [0.2, 0.25) is 0 Å². The summed E-state index contributed by atoms with van der Waals surface area (Å²) in [6, 6.07) is 0.597. The average Bonchev–Trinajstić information content (AvgIpc) is 2.32. The molecule has 1 heterocycles. The smallest absolute Gasteiger partial charge is 0.0605 e. The molecular formula is C13H25NO2. The lowest BCUT2D eigenvalue weighted by Gasteiger charge is -2.40. The Morgan fingerprint density at radius 3 is 2.69 bits per heavy atom. The van der Waals surface area contributed by atoms with Crippen molar-refractivity contribution in [3.8, 4) is 0 Å². The number of aliphatic hydroxyl groups excluding tert-OH is 1. The molecule has 2 rings (SSSR count). The maximum atomic E-state index is 10.1. The highest BCUT2D eigenvalue weighted by Gasteiger charge is 2.35. The van der Waals surface area contributed by atoms with Crippen LogP contribution >= 0.6 is 0 Å². The lowest BCUT2D eigenvalue weighted by Crippen LogP contribution is -2.47. The summed E-state index contributed by atoms with van der Waals surface area (Å²) in [6.07, 6.45) is 6.71. The Balaban J connectivity index is 1.78. The molecule has 0 spiro atoms. The zero-order chi connectivity index (χ0) is 11.4. The van der Waals surface area contributed by atoms with Gasteiger partial charge in [0.05, 0.1) is 6.10 Å².